The highest BCUT2D eigenvalue weighted by molar-refractivity contribution is 7.92. The minimum atomic E-state index is -3.64. The van der Waals surface area contributed by atoms with E-state index in [-0.39, 0.29) is 29.8 Å². The van der Waals surface area contributed by atoms with Crippen LogP contribution in [0.25, 0.3) is 0 Å². The summed E-state index contributed by atoms with van der Waals surface area (Å²) in [6.45, 7) is 1.71. The number of rotatable bonds is 6. The summed E-state index contributed by atoms with van der Waals surface area (Å²) in [7, 11) is -3.64. The number of aliphatic carboxylic acids is 1. The SMILES string of the molecule is Cc1cccc(NS(=O)(=O)CCCC(=O)O)c1C#N. The first kappa shape index (κ1) is 15.0. The lowest BCUT2D eigenvalue weighted by Crippen LogP contribution is -2.18. The second kappa shape index (κ2) is 6.20. The second-order valence-corrected chi connectivity index (χ2v) is 5.87. The van der Waals surface area contributed by atoms with Crippen LogP contribution < -0.4 is 4.72 Å². The highest BCUT2D eigenvalue weighted by Gasteiger charge is 2.14. The Bertz CT molecular complexity index is 617. The third kappa shape index (κ3) is 4.60. The van der Waals surface area contributed by atoms with Crippen LogP contribution in [0.1, 0.15) is 24.0 Å². The third-order valence-electron chi connectivity index (χ3n) is 2.45. The standard InChI is InChI=1S/C12H14N2O4S/c1-9-4-2-5-11(10(9)8-13)14-19(17,18)7-3-6-12(15)16/h2,4-5,14H,3,6-7H2,1H3,(H,15,16). The van der Waals surface area contributed by atoms with Crippen LogP contribution >= 0.6 is 0 Å². The first-order valence-electron chi connectivity index (χ1n) is 5.58. The number of benzene rings is 1. The van der Waals surface area contributed by atoms with E-state index >= 15 is 0 Å². The molecule has 0 saturated heterocycles. The zero-order valence-electron chi connectivity index (χ0n) is 10.4. The average molecular weight is 282 g/mol. The Morgan fingerprint density at radius 3 is 2.74 bits per heavy atom. The lowest BCUT2D eigenvalue weighted by molar-refractivity contribution is -0.137. The Labute approximate surface area is 111 Å². The number of anilines is 1. The molecule has 7 heteroatoms. The summed E-state index contributed by atoms with van der Waals surface area (Å²) >= 11 is 0. The Balaban J connectivity index is 2.82. The molecule has 0 saturated carbocycles. The number of sulfonamides is 1. The van der Waals surface area contributed by atoms with Gasteiger partial charge in [-0.1, -0.05) is 12.1 Å². The molecule has 0 bridgehead atoms. The van der Waals surface area contributed by atoms with Crippen LogP contribution in [-0.2, 0) is 14.8 Å². The van der Waals surface area contributed by atoms with Crippen LogP contribution in [0.15, 0.2) is 18.2 Å². The Morgan fingerprint density at radius 2 is 2.16 bits per heavy atom. The molecular weight excluding hydrogens is 268 g/mol. The molecule has 0 fully saturated rings. The molecule has 102 valence electrons. The van der Waals surface area contributed by atoms with E-state index in [2.05, 4.69) is 4.72 Å². The second-order valence-electron chi connectivity index (χ2n) is 4.03. The normalized spacial score (nSPS) is 10.7. The van der Waals surface area contributed by atoms with Crippen molar-refractivity contribution in [2.45, 2.75) is 19.8 Å². The average Bonchev–Trinajstić information content (AvgIpc) is 2.27. The van der Waals surface area contributed by atoms with Crippen molar-refractivity contribution in [1.82, 2.24) is 0 Å². The number of hydrogen-bond acceptors (Lipinski definition) is 4. The molecular formula is C12H14N2O4S. The maximum Gasteiger partial charge on any atom is 0.303 e. The number of carbonyl (C=O) groups is 1. The summed E-state index contributed by atoms with van der Waals surface area (Å²) in [6.07, 6.45) is -0.182. The van der Waals surface area contributed by atoms with Crippen molar-refractivity contribution >= 4 is 21.7 Å². The maximum atomic E-state index is 11.7. The highest BCUT2D eigenvalue weighted by atomic mass is 32.2. The molecule has 1 aromatic carbocycles. The molecule has 6 nitrogen and oxygen atoms in total. The molecule has 0 radical (unpaired) electrons. The molecule has 2 N–H and O–H groups in total. The van der Waals surface area contributed by atoms with E-state index in [1.54, 1.807) is 19.1 Å². The Hall–Kier alpha value is -2.07. The summed E-state index contributed by atoms with van der Waals surface area (Å²) in [5, 5.41) is 17.4. The molecule has 0 aliphatic rings. The van der Waals surface area contributed by atoms with Crippen LogP contribution in [0.2, 0.25) is 0 Å². The van der Waals surface area contributed by atoms with Gasteiger partial charge in [0.15, 0.2) is 0 Å². The molecule has 0 heterocycles. The van der Waals surface area contributed by atoms with Gasteiger partial charge in [0.2, 0.25) is 10.0 Å². The van der Waals surface area contributed by atoms with E-state index in [4.69, 9.17) is 10.4 Å². The predicted octanol–water partition coefficient (Wildman–Crippen LogP) is 1.47. The van der Waals surface area contributed by atoms with Gasteiger partial charge in [-0.2, -0.15) is 5.26 Å². The van der Waals surface area contributed by atoms with Crippen molar-refractivity contribution < 1.29 is 18.3 Å². The number of nitrogens with one attached hydrogen (secondary N) is 1. The summed E-state index contributed by atoms with van der Waals surface area (Å²) in [4.78, 5) is 10.3. The third-order valence-corrected chi connectivity index (χ3v) is 3.81. The molecule has 1 rings (SSSR count). The van der Waals surface area contributed by atoms with E-state index < -0.39 is 16.0 Å². The monoisotopic (exact) mass is 282 g/mol. The largest absolute Gasteiger partial charge is 0.481 e. The molecule has 0 aliphatic carbocycles. The van der Waals surface area contributed by atoms with Crippen molar-refractivity contribution in [3.63, 3.8) is 0 Å². The van der Waals surface area contributed by atoms with Crippen molar-refractivity contribution in [1.29, 1.82) is 5.26 Å². The molecule has 0 unspecified atom stereocenters. The van der Waals surface area contributed by atoms with Crippen LogP contribution in [0.4, 0.5) is 5.69 Å². The predicted molar refractivity (Wildman–Crippen MR) is 70.2 cm³/mol. The van der Waals surface area contributed by atoms with Crippen LogP contribution in [0.3, 0.4) is 0 Å². The zero-order chi connectivity index (χ0) is 14.5. The number of hydrogen-bond donors (Lipinski definition) is 2. The van der Waals surface area contributed by atoms with Crippen LogP contribution in [0, 0.1) is 18.3 Å². The van der Waals surface area contributed by atoms with E-state index in [9.17, 15) is 13.2 Å². The highest BCUT2D eigenvalue weighted by Crippen LogP contribution is 2.19. The van der Waals surface area contributed by atoms with Crippen molar-refractivity contribution in [3.8, 4) is 6.07 Å². The molecule has 0 atom stereocenters. The molecule has 19 heavy (non-hydrogen) atoms. The minimum absolute atomic E-state index is 0.0262. The van der Waals surface area contributed by atoms with Crippen LogP contribution in [-0.4, -0.2) is 25.2 Å². The number of carboxylic acids is 1. The van der Waals surface area contributed by atoms with Crippen molar-refractivity contribution in [2.75, 3.05) is 10.5 Å². The maximum absolute atomic E-state index is 11.7. The van der Waals surface area contributed by atoms with Gasteiger partial charge in [-0.05, 0) is 25.0 Å². The summed E-state index contributed by atoms with van der Waals surface area (Å²) in [6, 6.07) is 6.79. The van der Waals surface area contributed by atoms with Gasteiger partial charge in [-0.3, -0.25) is 9.52 Å². The van der Waals surface area contributed by atoms with Crippen molar-refractivity contribution in [3.05, 3.63) is 29.3 Å². The molecule has 0 amide bonds. The Kier molecular flexibility index (Phi) is 4.89. The van der Waals surface area contributed by atoms with E-state index in [0.29, 0.717) is 5.56 Å². The molecule has 0 spiro atoms. The van der Waals surface area contributed by atoms with Crippen molar-refractivity contribution in [2.24, 2.45) is 0 Å². The number of nitrogens with zero attached hydrogens (tertiary/aromatic N) is 1. The van der Waals surface area contributed by atoms with Gasteiger partial charge in [-0.25, -0.2) is 8.42 Å². The van der Waals surface area contributed by atoms with Gasteiger partial charge in [0, 0.05) is 6.42 Å². The summed E-state index contributed by atoms with van der Waals surface area (Å²) < 4.78 is 25.8. The smallest absolute Gasteiger partial charge is 0.303 e. The first-order chi connectivity index (χ1) is 8.85. The fraction of sp³-hybridized carbons (Fsp3) is 0.333. The van der Waals surface area contributed by atoms with Gasteiger partial charge >= 0.3 is 5.97 Å². The fourth-order valence-electron chi connectivity index (χ4n) is 1.53. The molecule has 0 aromatic heterocycles. The number of aryl methyl sites for hydroxylation is 1. The summed E-state index contributed by atoms with van der Waals surface area (Å²) in [5.41, 5.74) is 1.16. The van der Waals surface area contributed by atoms with E-state index in [0.717, 1.165) is 0 Å². The Morgan fingerprint density at radius 1 is 1.47 bits per heavy atom. The molecule has 1 aromatic rings. The van der Waals surface area contributed by atoms with Gasteiger partial charge in [0.1, 0.15) is 6.07 Å². The van der Waals surface area contributed by atoms with Gasteiger partial charge in [0.25, 0.3) is 0 Å². The number of carboxylic acid groups (broad SMARTS) is 1. The quantitative estimate of drug-likeness (QED) is 0.821. The van der Waals surface area contributed by atoms with E-state index in [1.165, 1.54) is 6.07 Å². The lowest BCUT2D eigenvalue weighted by Gasteiger charge is -2.10. The van der Waals surface area contributed by atoms with Gasteiger partial charge < -0.3 is 5.11 Å². The van der Waals surface area contributed by atoms with Crippen LogP contribution in [0.5, 0.6) is 0 Å². The van der Waals surface area contributed by atoms with Gasteiger partial charge in [-0.15, -0.1) is 0 Å². The lowest BCUT2D eigenvalue weighted by atomic mass is 10.1. The molecule has 0 aliphatic heterocycles. The zero-order valence-corrected chi connectivity index (χ0v) is 11.2. The first-order valence-corrected chi connectivity index (χ1v) is 7.23. The fourth-order valence-corrected chi connectivity index (χ4v) is 2.66. The number of nitriles is 1. The topological polar surface area (TPSA) is 107 Å². The summed E-state index contributed by atoms with van der Waals surface area (Å²) in [5.74, 6) is -1.33. The van der Waals surface area contributed by atoms with Gasteiger partial charge in [0.05, 0.1) is 17.0 Å². The van der Waals surface area contributed by atoms with E-state index in [1.807, 2.05) is 6.07 Å². The minimum Gasteiger partial charge on any atom is -0.481 e.